The summed E-state index contributed by atoms with van der Waals surface area (Å²) < 4.78 is 14.0. The third-order valence-electron chi connectivity index (χ3n) is 2.64. The Hall–Kier alpha value is -0.690. The number of hydrazine groups is 1. The minimum atomic E-state index is -0.268. The van der Waals surface area contributed by atoms with E-state index < -0.39 is 0 Å². The molecule has 0 aliphatic heterocycles. The predicted octanol–water partition coefficient (Wildman–Crippen LogP) is 3.64. The molecule has 0 amide bonds. The molecular formula is C13H11ClFIN2. The second-order valence-corrected chi connectivity index (χ2v) is 5.42. The van der Waals surface area contributed by atoms with Crippen LogP contribution in [0.5, 0.6) is 0 Å². The van der Waals surface area contributed by atoms with Crippen LogP contribution < -0.4 is 11.3 Å². The van der Waals surface area contributed by atoms with Gasteiger partial charge >= 0.3 is 0 Å². The van der Waals surface area contributed by atoms with Crippen molar-refractivity contribution in [3.63, 3.8) is 0 Å². The number of rotatable bonds is 3. The van der Waals surface area contributed by atoms with Gasteiger partial charge in [-0.25, -0.2) is 9.82 Å². The van der Waals surface area contributed by atoms with Gasteiger partial charge in [0.15, 0.2) is 0 Å². The quantitative estimate of drug-likeness (QED) is 0.488. The number of hydrogen-bond acceptors (Lipinski definition) is 2. The topological polar surface area (TPSA) is 38.0 Å². The maximum absolute atomic E-state index is 12.9. The fourth-order valence-electron chi connectivity index (χ4n) is 1.76. The van der Waals surface area contributed by atoms with Gasteiger partial charge in [-0.3, -0.25) is 5.84 Å². The molecule has 0 aromatic heterocycles. The van der Waals surface area contributed by atoms with Gasteiger partial charge in [0.1, 0.15) is 5.82 Å². The molecule has 0 heterocycles. The second-order valence-electron chi connectivity index (χ2n) is 3.82. The third kappa shape index (κ3) is 3.00. The van der Waals surface area contributed by atoms with Crippen molar-refractivity contribution < 1.29 is 4.39 Å². The number of nitrogens with one attached hydrogen (secondary N) is 1. The van der Waals surface area contributed by atoms with E-state index in [0.29, 0.717) is 5.02 Å². The lowest BCUT2D eigenvalue weighted by Crippen LogP contribution is -2.29. The summed E-state index contributed by atoms with van der Waals surface area (Å²) in [7, 11) is 0. The fraction of sp³-hybridized carbons (Fsp3) is 0.0769. The third-order valence-corrected chi connectivity index (χ3v) is 3.86. The van der Waals surface area contributed by atoms with Gasteiger partial charge in [-0.05, 0) is 64.0 Å². The second kappa shape index (κ2) is 5.97. The Balaban J connectivity index is 2.44. The van der Waals surface area contributed by atoms with Crippen LogP contribution >= 0.6 is 34.2 Å². The molecule has 0 radical (unpaired) electrons. The molecule has 0 saturated heterocycles. The average molecular weight is 377 g/mol. The van der Waals surface area contributed by atoms with Crippen molar-refractivity contribution in [2.75, 3.05) is 0 Å². The van der Waals surface area contributed by atoms with Gasteiger partial charge in [-0.2, -0.15) is 0 Å². The summed E-state index contributed by atoms with van der Waals surface area (Å²) in [5.74, 6) is 5.34. The van der Waals surface area contributed by atoms with E-state index in [4.69, 9.17) is 17.4 Å². The van der Waals surface area contributed by atoms with Gasteiger partial charge in [-0.1, -0.05) is 23.7 Å². The van der Waals surface area contributed by atoms with Crippen LogP contribution in [-0.2, 0) is 0 Å². The summed E-state index contributed by atoms with van der Waals surface area (Å²) >= 11 is 8.22. The maximum Gasteiger partial charge on any atom is 0.123 e. The molecule has 2 aromatic carbocycles. The molecule has 0 bridgehead atoms. The zero-order valence-electron chi connectivity index (χ0n) is 9.33. The lowest BCUT2D eigenvalue weighted by Gasteiger charge is -2.18. The zero-order chi connectivity index (χ0) is 13.1. The van der Waals surface area contributed by atoms with Gasteiger partial charge in [0.25, 0.3) is 0 Å². The summed E-state index contributed by atoms with van der Waals surface area (Å²) in [6.07, 6.45) is 0. The Labute approximate surface area is 123 Å². The molecule has 3 N–H and O–H groups in total. The largest absolute Gasteiger partial charge is 0.271 e. The Bertz CT molecular complexity index is 545. The van der Waals surface area contributed by atoms with Crippen molar-refractivity contribution in [2.45, 2.75) is 6.04 Å². The molecule has 5 heteroatoms. The first kappa shape index (κ1) is 13.7. The molecule has 2 nitrogen and oxygen atoms in total. The summed E-state index contributed by atoms with van der Waals surface area (Å²) in [6, 6.07) is 11.6. The summed E-state index contributed by atoms with van der Waals surface area (Å²) in [4.78, 5) is 0. The Morgan fingerprint density at radius 1 is 1.17 bits per heavy atom. The Morgan fingerprint density at radius 2 is 1.83 bits per heavy atom. The molecule has 0 spiro atoms. The van der Waals surface area contributed by atoms with E-state index in [1.807, 2.05) is 18.2 Å². The van der Waals surface area contributed by atoms with Crippen LogP contribution in [0, 0.1) is 9.39 Å². The monoisotopic (exact) mass is 376 g/mol. The fourth-order valence-corrected chi connectivity index (χ4v) is 2.58. The smallest absolute Gasteiger partial charge is 0.123 e. The van der Waals surface area contributed by atoms with Crippen LogP contribution in [0.15, 0.2) is 42.5 Å². The first-order valence-corrected chi connectivity index (χ1v) is 6.74. The molecule has 18 heavy (non-hydrogen) atoms. The van der Waals surface area contributed by atoms with E-state index in [0.717, 1.165) is 14.7 Å². The van der Waals surface area contributed by atoms with Crippen molar-refractivity contribution >= 4 is 34.2 Å². The van der Waals surface area contributed by atoms with Crippen LogP contribution in [0.1, 0.15) is 17.2 Å². The molecular weight excluding hydrogens is 366 g/mol. The standard InChI is InChI=1S/C13H11ClFIN2/c14-9-3-6-12(16)11(7-9)13(18-17)8-1-4-10(15)5-2-8/h1-7,13,18H,17H2. The highest BCUT2D eigenvalue weighted by Gasteiger charge is 2.15. The van der Waals surface area contributed by atoms with E-state index in [1.165, 1.54) is 12.1 Å². The number of hydrogen-bond donors (Lipinski definition) is 2. The van der Waals surface area contributed by atoms with E-state index in [1.54, 1.807) is 12.1 Å². The van der Waals surface area contributed by atoms with Gasteiger partial charge in [0.05, 0.1) is 6.04 Å². The Kier molecular flexibility index (Phi) is 4.55. The molecule has 1 unspecified atom stereocenters. The molecule has 0 fully saturated rings. The highest BCUT2D eigenvalue weighted by molar-refractivity contribution is 14.1. The van der Waals surface area contributed by atoms with E-state index >= 15 is 0 Å². The van der Waals surface area contributed by atoms with Crippen LogP contribution in [0.4, 0.5) is 4.39 Å². The highest BCUT2D eigenvalue weighted by Crippen LogP contribution is 2.28. The molecule has 2 aromatic rings. The molecule has 0 saturated carbocycles. The van der Waals surface area contributed by atoms with Crippen LogP contribution in [0.2, 0.25) is 5.02 Å². The van der Waals surface area contributed by atoms with E-state index in [2.05, 4.69) is 28.0 Å². The summed E-state index contributed by atoms with van der Waals surface area (Å²) in [5.41, 5.74) is 4.59. The number of halogens is 3. The average Bonchev–Trinajstić information content (AvgIpc) is 2.37. The van der Waals surface area contributed by atoms with Gasteiger partial charge < -0.3 is 0 Å². The van der Waals surface area contributed by atoms with Crippen molar-refractivity contribution in [3.8, 4) is 0 Å². The minimum absolute atomic E-state index is 0.212. The van der Waals surface area contributed by atoms with E-state index in [-0.39, 0.29) is 11.9 Å². The van der Waals surface area contributed by atoms with Crippen molar-refractivity contribution in [1.29, 1.82) is 0 Å². The minimum Gasteiger partial charge on any atom is -0.271 e. The summed E-state index contributed by atoms with van der Waals surface area (Å²) in [6.45, 7) is 0. The van der Waals surface area contributed by atoms with Gasteiger partial charge in [0.2, 0.25) is 0 Å². The van der Waals surface area contributed by atoms with Crippen LogP contribution in [0.3, 0.4) is 0 Å². The number of benzene rings is 2. The molecule has 0 aliphatic rings. The first-order valence-electron chi connectivity index (χ1n) is 5.28. The van der Waals surface area contributed by atoms with Crippen LogP contribution in [-0.4, -0.2) is 0 Å². The Morgan fingerprint density at radius 3 is 2.44 bits per heavy atom. The normalized spacial score (nSPS) is 12.4. The predicted molar refractivity (Wildman–Crippen MR) is 79.7 cm³/mol. The van der Waals surface area contributed by atoms with Gasteiger partial charge in [0, 0.05) is 8.59 Å². The zero-order valence-corrected chi connectivity index (χ0v) is 12.2. The molecule has 2 rings (SSSR count). The number of nitrogens with two attached hydrogens (primary N) is 1. The lowest BCUT2D eigenvalue weighted by atomic mass is 9.99. The first-order chi connectivity index (χ1) is 8.61. The lowest BCUT2D eigenvalue weighted by molar-refractivity contribution is 0.614. The van der Waals surface area contributed by atoms with Crippen molar-refractivity contribution in [1.82, 2.24) is 5.43 Å². The molecule has 94 valence electrons. The van der Waals surface area contributed by atoms with Crippen molar-refractivity contribution in [2.24, 2.45) is 5.84 Å². The van der Waals surface area contributed by atoms with E-state index in [9.17, 15) is 4.39 Å². The molecule has 0 aliphatic carbocycles. The van der Waals surface area contributed by atoms with Gasteiger partial charge in [-0.15, -0.1) is 0 Å². The van der Waals surface area contributed by atoms with Crippen LogP contribution in [0.25, 0.3) is 0 Å². The maximum atomic E-state index is 12.9. The SMILES string of the molecule is NNC(c1ccc(F)cc1)c1cc(Cl)ccc1I. The van der Waals surface area contributed by atoms with Crippen molar-refractivity contribution in [3.05, 3.63) is 68.0 Å². The highest BCUT2D eigenvalue weighted by atomic mass is 127. The molecule has 1 atom stereocenters. The summed E-state index contributed by atoms with van der Waals surface area (Å²) in [5, 5.41) is 0.646.